The number of oxazole rings is 1. The van der Waals surface area contributed by atoms with E-state index in [1.165, 1.54) is 4.90 Å². The lowest BCUT2D eigenvalue weighted by Crippen LogP contribution is -2.21. The normalized spacial score (nSPS) is 10.4. The van der Waals surface area contributed by atoms with Crippen molar-refractivity contribution < 1.29 is 13.9 Å². The molecule has 0 saturated carbocycles. The van der Waals surface area contributed by atoms with Gasteiger partial charge < -0.3 is 14.1 Å². The molecule has 0 unspecified atom stereocenters. The molecule has 0 aliphatic rings. The van der Waals surface area contributed by atoms with E-state index in [2.05, 4.69) is 4.98 Å². The summed E-state index contributed by atoms with van der Waals surface area (Å²) in [5.74, 6) is 1.99. The molecule has 2 rings (SSSR count). The molecule has 0 fully saturated rings. The van der Waals surface area contributed by atoms with Gasteiger partial charge in [-0.25, -0.2) is 4.98 Å². The number of carbonyl (C=O) groups is 1. The minimum atomic E-state index is -0.0319. The highest BCUT2D eigenvalue weighted by molar-refractivity contribution is 5.93. The molecular formula is C15H18N2O3. The molecule has 0 aliphatic carbocycles. The number of benzene rings is 1. The second kappa shape index (κ2) is 5.77. The van der Waals surface area contributed by atoms with Crippen molar-refractivity contribution in [3.05, 3.63) is 47.2 Å². The lowest BCUT2D eigenvalue weighted by atomic mass is 10.2. The molecule has 0 spiro atoms. The van der Waals surface area contributed by atoms with Gasteiger partial charge in [0.1, 0.15) is 11.5 Å². The lowest BCUT2D eigenvalue weighted by Gasteiger charge is -2.10. The lowest BCUT2D eigenvalue weighted by molar-refractivity contribution is 0.0827. The third kappa shape index (κ3) is 3.17. The number of aromatic nitrogens is 1. The third-order valence-corrected chi connectivity index (χ3v) is 2.94. The standard InChI is InChI=1S/C15H18N2O3/c1-10-11(2)20-14(16-10)9-19-13-7-5-12(6-8-13)15(18)17(3)4/h5-8H,9H2,1-4H3. The van der Waals surface area contributed by atoms with Crippen LogP contribution in [0.15, 0.2) is 28.7 Å². The molecule has 2 aromatic rings. The van der Waals surface area contributed by atoms with Gasteiger partial charge in [0.15, 0.2) is 6.61 Å². The smallest absolute Gasteiger partial charge is 0.253 e. The number of ether oxygens (including phenoxy) is 1. The summed E-state index contributed by atoms with van der Waals surface area (Å²) in [6.45, 7) is 4.03. The van der Waals surface area contributed by atoms with Crippen molar-refractivity contribution >= 4 is 5.91 Å². The van der Waals surface area contributed by atoms with E-state index in [9.17, 15) is 4.79 Å². The van der Waals surface area contributed by atoms with Crippen molar-refractivity contribution in [3.8, 4) is 5.75 Å². The highest BCUT2D eigenvalue weighted by Crippen LogP contribution is 2.16. The van der Waals surface area contributed by atoms with E-state index in [4.69, 9.17) is 9.15 Å². The van der Waals surface area contributed by atoms with Crippen LogP contribution in [0.2, 0.25) is 0 Å². The predicted octanol–water partition coefficient (Wildman–Crippen LogP) is 2.57. The van der Waals surface area contributed by atoms with Crippen molar-refractivity contribution in [1.29, 1.82) is 0 Å². The molecule has 0 aliphatic heterocycles. The number of aryl methyl sites for hydroxylation is 2. The van der Waals surface area contributed by atoms with Crippen LogP contribution in [0.5, 0.6) is 5.75 Å². The average Bonchev–Trinajstić information content (AvgIpc) is 2.75. The quantitative estimate of drug-likeness (QED) is 0.859. The van der Waals surface area contributed by atoms with Crippen LogP contribution >= 0.6 is 0 Å². The predicted molar refractivity (Wildman–Crippen MR) is 74.8 cm³/mol. The van der Waals surface area contributed by atoms with Crippen LogP contribution < -0.4 is 4.74 Å². The Bertz CT molecular complexity index is 581. The molecule has 20 heavy (non-hydrogen) atoms. The van der Waals surface area contributed by atoms with E-state index in [-0.39, 0.29) is 12.5 Å². The first-order valence-electron chi connectivity index (χ1n) is 6.35. The topological polar surface area (TPSA) is 55.6 Å². The second-order valence-electron chi connectivity index (χ2n) is 4.76. The Morgan fingerprint density at radius 2 is 1.90 bits per heavy atom. The van der Waals surface area contributed by atoms with Gasteiger partial charge in [-0.05, 0) is 38.1 Å². The summed E-state index contributed by atoms with van der Waals surface area (Å²) in [4.78, 5) is 17.5. The fourth-order valence-corrected chi connectivity index (χ4v) is 1.70. The van der Waals surface area contributed by atoms with Crippen LogP contribution in [0, 0.1) is 13.8 Å². The Balaban J connectivity index is 1.99. The minimum Gasteiger partial charge on any atom is -0.484 e. The number of hydrogen-bond acceptors (Lipinski definition) is 4. The van der Waals surface area contributed by atoms with Crippen LogP contribution in [0.1, 0.15) is 27.7 Å². The van der Waals surface area contributed by atoms with Crippen LogP contribution in [0.3, 0.4) is 0 Å². The number of carbonyl (C=O) groups excluding carboxylic acids is 1. The highest BCUT2D eigenvalue weighted by Gasteiger charge is 2.09. The van der Waals surface area contributed by atoms with Gasteiger partial charge in [-0.3, -0.25) is 4.79 Å². The molecule has 0 N–H and O–H groups in total. The Hall–Kier alpha value is -2.30. The van der Waals surface area contributed by atoms with Crippen LogP contribution in [0.25, 0.3) is 0 Å². The summed E-state index contributed by atoms with van der Waals surface area (Å²) in [6.07, 6.45) is 0. The summed E-state index contributed by atoms with van der Waals surface area (Å²) in [7, 11) is 3.44. The van der Waals surface area contributed by atoms with Gasteiger partial charge in [0, 0.05) is 19.7 Å². The molecule has 0 radical (unpaired) electrons. The largest absolute Gasteiger partial charge is 0.484 e. The Morgan fingerprint density at radius 1 is 1.25 bits per heavy atom. The van der Waals surface area contributed by atoms with Crippen molar-refractivity contribution in [1.82, 2.24) is 9.88 Å². The maximum absolute atomic E-state index is 11.7. The van der Waals surface area contributed by atoms with Crippen LogP contribution in [-0.2, 0) is 6.61 Å². The van der Waals surface area contributed by atoms with Crippen molar-refractivity contribution in [2.24, 2.45) is 0 Å². The van der Waals surface area contributed by atoms with E-state index in [1.807, 2.05) is 13.8 Å². The number of rotatable bonds is 4. The minimum absolute atomic E-state index is 0.0319. The second-order valence-corrected chi connectivity index (χ2v) is 4.76. The van der Waals surface area contributed by atoms with Gasteiger partial charge in [0.2, 0.25) is 5.89 Å². The summed E-state index contributed by atoms with van der Waals surface area (Å²) >= 11 is 0. The first kappa shape index (κ1) is 14.1. The molecule has 1 heterocycles. The molecule has 0 atom stereocenters. The maximum Gasteiger partial charge on any atom is 0.253 e. The number of amides is 1. The first-order valence-corrected chi connectivity index (χ1v) is 6.35. The maximum atomic E-state index is 11.7. The van der Waals surface area contributed by atoms with E-state index in [0.717, 1.165) is 11.5 Å². The molecule has 0 bridgehead atoms. The van der Waals surface area contributed by atoms with E-state index in [1.54, 1.807) is 38.4 Å². The third-order valence-electron chi connectivity index (χ3n) is 2.94. The first-order chi connectivity index (χ1) is 9.47. The fourth-order valence-electron chi connectivity index (χ4n) is 1.70. The SMILES string of the molecule is Cc1nc(COc2ccc(C(=O)N(C)C)cc2)oc1C. The van der Waals surface area contributed by atoms with Gasteiger partial charge >= 0.3 is 0 Å². The zero-order chi connectivity index (χ0) is 14.7. The summed E-state index contributed by atoms with van der Waals surface area (Å²) in [6, 6.07) is 7.01. The molecule has 5 nitrogen and oxygen atoms in total. The monoisotopic (exact) mass is 274 g/mol. The molecule has 106 valence electrons. The molecule has 0 saturated heterocycles. The zero-order valence-electron chi connectivity index (χ0n) is 12.1. The summed E-state index contributed by atoms with van der Waals surface area (Å²) in [5.41, 5.74) is 1.50. The fraction of sp³-hybridized carbons (Fsp3) is 0.333. The molecule has 5 heteroatoms. The molecule has 1 amide bonds. The average molecular weight is 274 g/mol. The number of nitrogens with zero attached hydrogens (tertiary/aromatic N) is 2. The summed E-state index contributed by atoms with van der Waals surface area (Å²) < 4.78 is 11.0. The van der Waals surface area contributed by atoms with E-state index >= 15 is 0 Å². The van der Waals surface area contributed by atoms with E-state index < -0.39 is 0 Å². The number of hydrogen-bond donors (Lipinski definition) is 0. The van der Waals surface area contributed by atoms with Crippen LogP contribution in [0.4, 0.5) is 0 Å². The van der Waals surface area contributed by atoms with Gasteiger partial charge in [-0.2, -0.15) is 0 Å². The molecular weight excluding hydrogens is 256 g/mol. The Morgan fingerprint density at radius 3 is 2.40 bits per heavy atom. The Labute approximate surface area is 118 Å². The van der Waals surface area contributed by atoms with Gasteiger partial charge in [0.25, 0.3) is 5.91 Å². The van der Waals surface area contributed by atoms with Crippen LogP contribution in [-0.4, -0.2) is 29.9 Å². The van der Waals surface area contributed by atoms with Crippen molar-refractivity contribution in [3.63, 3.8) is 0 Å². The van der Waals surface area contributed by atoms with Crippen molar-refractivity contribution in [2.45, 2.75) is 20.5 Å². The molecule has 1 aromatic carbocycles. The van der Waals surface area contributed by atoms with Crippen molar-refractivity contribution in [2.75, 3.05) is 14.1 Å². The Kier molecular flexibility index (Phi) is 4.08. The van der Waals surface area contributed by atoms with Gasteiger partial charge in [0.05, 0.1) is 5.69 Å². The molecule has 1 aromatic heterocycles. The highest BCUT2D eigenvalue weighted by atomic mass is 16.5. The van der Waals surface area contributed by atoms with E-state index in [0.29, 0.717) is 17.2 Å². The zero-order valence-corrected chi connectivity index (χ0v) is 12.1. The van der Waals surface area contributed by atoms with Gasteiger partial charge in [-0.1, -0.05) is 0 Å². The summed E-state index contributed by atoms with van der Waals surface area (Å²) in [5, 5.41) is 0. The van der Waals surface area contributed by atoms with Gasteiger partial charge in [-0.15, -0.1) is 0 Å².